The molecule has 2 aromatic rings. The van der Waals surface area contributed by atoms with E-state index in [1.54, 1.807) is 0 Å². The van der Waals surface area contributed by atoms with Crippen molar-refractivity contribution in [3.05, 3.63) is 64.2 Å². The molecule has 0 unspecified atom stereocenters. The molecule has 3 rings (SSSR count). The summed E-state index contributed by atoms with van der Waals surface area (Å²) in [6.07, 6.45) is 0.361. The Labute approximate surface area is 143 Å². The third-order valence-corrected chi connectivity index (χ3v) is 4.53. The first kappa shape index (κ1) is 16.5. The average molecular weight is 324 g/mol. The zero-order valence-corrected chi connectivity index (χ0v) is 14.3. The highest BCUT2D eigenvalue weighted by atomic mass is 16.5. The van der Waals surface area contributed by atoms with Crippen molar-refractivity contribution in [2.75, 3.05) is 6.61 Å². The summed E-state index contributed by atoms with van der Waals surface area (Å²) in [4.78, 5) is 12.0. The summed E-state index contributed by atoms with van der Waals surface area (Å²) >= 11 is 0. The van der Waals surface area contributed by atoms with Crippen molar-refractivity contribution in [3.8, 4) is 5.75 Å². The van der Waals surface area contributed by atoms with Crippen molar-refractivity contribution in [2.24, 2.45) is 0 Å². The van der Waals surface area contributed by atoms with Gasteiger partial charge in [0, 0.05) is 19.6 Å². The minimum absolute atomic E-state index is 0.0129. The van der Waals surface area contributed by atoms with Crippen LogP contribution < -0.4 is 15.4 Å². The van der Waals surface area contributed by atoms with Gasteiger partial charge in [0.2, 0.25) is 5.91 Å². The molecule has 1 amide bonds. The molecule has 2 N–H and O–H groups in total. The van der Waals surface area contributed by atoms with E-state index in [4.69, 9.17) is 4.74 Å². The fourth-order valence-electron chi connectivity index (χ4n) is 2.88. The maximum atomic E-state index is 12.0. The number of ether oxygens (including phenoxy) is 1. The Morgan fingerprint density at radius 3 is 2.88 bits per heavy atom. The highest BCUT2D eigenvalue weighted by Gasteiger charge is 2.10. The molecule has 0 atom stereocenters. The van der Waals surface area contributed by atoms with Crippen LogP contribution >= 0.6 is 0 Å². The van der Waals surface area contributed by atoms with Gasteiger partial charge in [-0.1, -0.05) is 30.3 Å². The Kier molecular flexibility index (Phi) is 5.16. The number of hydrogen-bond donors (Lipinski definition) is 2. The number of nitrogens with one attached hydrogen (secondary N) is 2. The first-order valence-corrected chi connectivity index (χ1v) is 8.40. The van der Waals surface area contributed by atoms with Crippen LogP contribution in [0.2, 0.25) is 0 Å². The van der Waals surface area contributed by atoms with E-state index in [1.807, 2.05) is 19.1 Å². The maximum Gasteiger partial charge on any atom is 0.223 e. The summed E-state index contributed by atoms with van der Waals surface area (Å²) in [6, 6.07) is 12.4. The fraction of sp³-hybridized carbons (Fsp3) is 0.350. The van der Waals surface area contributed by atoms with E-state index < -0.39 is 0 Å². The molecule has 4 nitrogen and oxygen atoms in total. The predicted molar refractivity (Wildman–Crippen MR) is 94.9 cm³/mol. The van der Waals surface area contributed by atoms with Gasteiger partial charge in [-0.25, -0.2) is 0 Å². The molecule has 0 radical (unpaired) electrons. The van der Waals surface area contributed by atoms with Crippen molar-refractivity contribution in [1.29, 1.82) is 0 Å². The van der Waals surface area contributed by atoms with E-state index in [1.165, 1.54) is 16.7 Å². The monoisotopic (exact) mass is 324 g/mol. The topological polar surface area (TPSA) is 50.4 Å². The standard InChI is InChI=1S/C20H24N2O2/c1-14-4-3-5-19(15(14)2)24-9-8-20(23)22-11-16-6-7-17-12-21-13-18(17)10-16/h3-7,10,21H,8-9,11-13H2,1-2H3,(H,22,23). The van der Waals surface area contributed by atoms with Gasteiger partial charge in [0.05, 0.1) is 13.0 Å². The smallest absolute Gasteiger partial charge is 0.223 e. The minimum atomic E-state index is 0.0129. The molecule has 1 aliphatic rings. The molecule has 4 heteroatoms. The van der Waals surface area contributed by atoms with Crippen molar-refractivity contribution in [3.63, 3.8) is 0 Å². The SMILES string of the molecule is Cc1cccc(OCCC(=O)NCc2ccc3c(c2)CNC3)c1C. The van der Waals surface area contributed by atoms with Gasteiger partial charge < -0.3 is 15.4 Å². The number of carbonyl (C=O) groups is 1. The van der Waals surface area contributed by atoms with Gasteiger partial charge in [-0.2, -0.15) is 0 Å². The molecule has 0 bridgehead atoms. The second-order valence-corrected chi connectivity index (χ2v) is 6.28. The third kappa shape index (κ3) is 3.95. The van der Waals surface area contributed by atoms with Crippen molar-refractivity contribution < 1.29 is 9.53 Å². The van der Waals surface area contributed by atoms with Gasteiger partial charge in [0.25, 0.3) is 0 Å². The molecule has 126 valence electrons. The number of carbonyl (C=O) groups excluding carboxylic acids is 1. The first-order chi connectivity index (χ1) is 11.6. The van der Waals surface area contributed by atoms with Gasteiger partial charge in [-0.05, 0) is 47.7 Å². The fourth-order valence-corrected chi connectivity index (χ4v) is 2.88. The van der Waals surface area contributed by atoms with Crippen LogP contribution in [0.5, 0.6) is 5.75 Å². The maximum absolute atomic E-state index is 12.0. The molecule has 0 saturated carbocycles. The Morgan fingerprint density at radius 2 is 2.00 bits per heavy atom. The average Bonchev–Trinajstić information content (AvgIpc) is 3.04. The summed E-state index contributed by atoms with van der Waals surface area (Å²) in [5.74, 6) is 0.868. The number of rotatable bonds is 6. The van der Waals surface area contributed by atoms with E-state index in [0.717, 1.165) is 30.0 Å². The summed E-state index contributed by atoms with van der Waals surface area (Å²) in [7, 11) is 0. The molecule has 0 aromatic heterocycles. The van der Waals surface area contributed by atoms with Crippen LogP contribution in [0.4, 0.5) is 0 Å². The van der Waals surface area contributed by atoms with E-state index in [0.29, 0.717) is 19.6 Å². The lowest BCUT2D eigenvalue weighted by molar-refractivity contribution is -0.121. The molecular weight excluding hydrogens is 300 g/mol. The second kappa shape index (κ2) is 7.49. The van der Waals surface area contributed by atoms with Crippen LogP contribution in [0.25, 0.3) is 0 Å². The Bertz CT molecular complexity index is 740. The van der Waals surface area contributed by atoms with Crippen LogP contribution in [-0.2, 0) is 24.4 Å². The number of fused-ring (bicyclic) bond motifs is 1. The minimum Gasteiger partial charge on any atom is -0.493 e. The highest BCUT2D eigenvalue weighted by Crippen LogP contribution is 2.20. The third-order valence-electron chi connectivity index (χ3n) is 4.53. The van der Waals surface area contributed by atoms with Gasteiger partial charge in [-0.15, -0.1) is 0 Å². The van der Waals surface area contributed by atoms with Gasteiger partial charge in [0.15, 0.2) is 0 Å². The zero-order chi connectivity index (χ0) is 16.9. The Morgan fingerprint density at radius 1 is 1.17 bits per heavy atom. The van der Waals surface area contributed by atoms with Crippen LogP contribution in [-0.4, -0.2) is 12.5 Å². The zero-order valence-electron chi connectivity index (χ0n) is 14.3. The number of amides is 1. The lowest BCUT2D eigenvalue weighted by atomic mass is 10.1. The molecule has 0 saturated heterocycles. The van der Waals surface area contributed by atoms with E-state index >= 15 is 0 Å². The molecule has 1 aliphatic heterocycles. The number of benzene rings is 2. The van der Waals surface area contributed by atoms with Crippen LogP contribution in [0.15, 0.2) is 36.4 Å². The van der Waals surface area contributed by atoms with E-state index in [-0.39, 0.29) is 5.91 Å². The Hall–Kier alpha value is -2.33. The first-order valence-electron chi connectivity index (χ1n) is 8.40. The van der Waals surface area contributed by atoms with Gasteiger partial charge in [0.1, 0.15) is 5.75 Å². The molecule has 24 heavy (non-hydrogen) atoms. The molecule has 0 fully saturated rings. The van der Waals surface area contributed by atoms with Crippen LogP contribution in [0.1, 0.15) is 34.2 Å². The molecule has 2 aromatic carbocycles. The summed E-state index contributed by atoms with van der Waals surface area (Å²) in [5.41, 5.74) is 6.15. The summed E-state index contributed by atoms with van der Waals surface area (Å²) in [5, 5.41) is 6.29. The van der Waals surface area contributed by atoms with E-state index in [9.17, 15) is 4.79 Å². The largest absolute Gasteiger partial charge is 0.493 e. The van der Waals surface area contributed by atoms with Crippen molar-refractivity contribution in [1.82, 2.24) is 10.6 Å². The van der Waals surface area contributed by atoms with Crippen molar-refractivity contribution >= 4 is 5.91 Å². The molecule has 0 aliphatic carbocycles. The highest BCUT2D eigenvalue weighted by molar-refractivity contribution is 5.76. The predicted octanol–water partition coefficient (Wildman–Crippen LogP) is 2.99. The van der Waals surface area contributed by atoms with Crippen LogP contribution in [0, 0.1) is 13.8 Å². The van der Waals surface area contributed by atoms with E-state index in [2.05, 4.69) is 41.8 Å². The molecule has 0 spiro atoms. The summed E-state index contributed by atoms with van der Waals surface area (Å²) < 4.78 is 5.73. The lowest BCUT2D eigenvalue weighted by Gasteiger charge is -2.11. The number of hydrogen-bond acceptors (Lipinski definition) is 3. The van der Waals surface area contributed by atoms with Gasteiger partial charge in [-0.3, -0.25) is 4.79 Å². The molecule has 1 heterocycles. The van der Waals surface area contributed by atoms with Gasteiger partial charge >= 0.3 is 0 Å². The Balaban J connectivity index is 1.44. The number of aryl methyl sites for hydroxylation is 1. The quantitative estimate of drug-likeness (QED) is 0.859. The molecular formula is C20H24N2O2. The normalized spacial score (nSPS) is 12.8. The lowest BCUT2D eigenvalue weighted by Crippen LogP contribution is -2.24. The van der Waals surface area contributed by atoms with Crippen molar-refractivity contribution in [2.45, 2.75) is 39.9 Å². The second-order valence-electron chi connectivity index (χ2n) is 6.28. The summed E-state index contributed by atoms with van der Waals surface area (Å²) in [6.45, 7) is 6.91. The van der Waals surface area contributed by atoms with Crippen LogP contribution in [0.3, 0.4) is 0 Å².